The summed E-state index contributed by atoms with van der Waals surface area (Å²) in [5.74, 6) is -0.720. The standard InChI is InChI=1S/C13H24N2O3/c1-2-11-9-15(7-8-18-11)6-5-12(13(16)17)14-10-3-4-10/h10-12,14H,2-9H2,1H3,(H,16,17). The lowest BCUT2D eigenvalue weighted by Gasteiger charge is -2.33. The van der Waals surface area contributed by atoms with Crippen LogP contribution in [0.2, 0.25) is 0 Å². The molecule has 0 spiro atoms. The first-order chi connectivity index (χ1) is 8.69. The Morgan fingerprint density at radius 2 is 2.33 bits per heavy atom. The lowest BCUT2D eigenvalue weighted by molar-refractivity contribution is -0.139. The molecule has 2 atom stereocenters. The van der Waals surface area contributed by atoms with Gasteiger partial charge in [0.25, 0.3) is 0 Å². The molecule has 0 bridgehead atoms. The number of carboxylic acid groups (broad SMARTS) is 1. The average Bonchev–Trinajstić information content (AvgIpc) is 3.18. The molecule has 5 nitrogen and oxygen atoms in total. The van der Waals surface area contributed by atoms with Crippen LogP contribution in [0.25, 0.3) is 0 Å². The summed E-state index contributed by atoms with van der Waals surface area (Å²) in [6.45, 7) is 5.60. The van der Waals surface area contributed by atoms with Crippen LogP contribution in [0, 0.1) is 0 Å². The molecule has 0 aromatic rings. The van der Waals surface area contributed by atoms with Gasteiger partial charge in [-0.05, 0) is 25.7 Å². The number of hydrogen-bond acceptors (Lipinski definition) is 4. The molecule has 0 aromatic heterocycles. The Bertz CT molecular complexity index is 281. The predicted molar refractivity (Wildman–Crippen MR) is 68.7 cm³/mol. The van der Waals surface area contributed by atoms with Crippen molar-refractivity contribution in [3.63, 3.8) is 0 Å². The van der Waals surface area contributed by atoms with E-state index in [0.29, 0.717) is 18.6 Å². The van der Waals surface area contributed by atoms with Crippen LogP contribution in [0.4, 0.5) is 0 Å². The van der Waals surface area contributed by atoms with E-state index >= 15 is 0 Å². The number of nitrogens with zero attached hydrogens (tertiary/aromatic N) is 1. The molecule has 2 N–H and O–H groups in total. The van der Waals surface area contributed by atoms with Gasteiger partial charge in [0.15, 0.2) is 0 Å². The molecule has 1 heterocycles. The fourth-order valence-electron chi connectivity index (χ4n) is 2.35. The summed E-state index contributed by atoms with van der Waals surface area (Å²) < 4.78 is 5.61. The predicted octanol–water partition coefficient (Wildman–Crippen LogP) is 0.693. The molecule has 2 fully saturated rings. The van der Waals surface area contributed by atoms with Crippen molar-refractivity contribution < 1.29 is 14.6 Å². The highest BCUT2D eigenvalue weighted by Crippen LogP contribution is 2.20. The van der Waals surface area contributed by atoms with Crippen LogP contribution in [0.1, 0.15) is 32.6 Å². The number of carboxylic acids is 1. The van der Waals surface area contributed by atoms with Crippen LogP contribution in [-0.4, -0.2) is 60.4 Å². The summed E-state index contributed by atoms with van der Waals surface area (Å²) in [4.78, 5) is 13.5. The lowest BCUT2D eigenvalue weighted by atomic mass is 10.1. The normalized spacial score (nSPS) is 27.1. The third-order valence-corrected chi connectivity index (χ3v) is 3.72. The Balaban J connectivity index is 1.72. The van der Waals surface area contributed by atoms with Gasteiger partial charge in [-0.2, -0.15) is 0 Å². The number of hydrogen-bond donors (Lipinski definition) is 2. The number of carbonyl (C=O) groups is 1. The zero-order valence-corrected chi connectivity index (χ0v) is 11.1. The first-order valence-corrected chi connectivity index (χ1v) is 7.02. The lowest BCUT2D eigenvalue weighted by Crippen LogP contribution is -2.46. The van der Waals surface area contributed by atoms with Gasteiger partial charge in [0.1, 0.15) is 6.04 Å². The third-order valence-electron chi connectivity index (χ3n) is 3.72. The maximum Gasteiger partial charge on any atom is 0.320 e. The van der Waals surface area contributed by atoms with Crippen LogP contribution < -0.4 is 5.32 Å². The molecular formula is C13H24N2O3. The molecule has 2 rings (SSSR count). The van der Waals surface area contributed by atoms with E-state index in [1.165, 1.54) is 0 Å². The number of morpholine rings is 1. The second-order valence-electron chi connectivity index (χ2n) is 5.32. The Morgan fingerprint density at radius 3 is 2.94 bits per heavy atom. The molecule has 18 heavy (non-hydrogen) atoms. The largest absolute Gasteiger partial charge is 0.480 e. The highest BCUT2D eigenvalue weighted by molar-refractivity contribution is 5.73. The first kappa shape index (κ1) is 13.8. The molecule has 1 aliphatic heterocycles. The van der Waals surface area contributed by atoms with E-state index in [0.717, 1.165) is 45.5 Å². The number of ether oxygens (including phenoxy) is 1. The molecule has 0 radical (unpaired) electrons. The van der Waals surface area contributed by atoms with E-state index < -0.39 is 5.97 Å². The molecule has 1 aliphatic carbocycles. The van der Waals surface area contributed by atoms with Crippen molar-refractivity contribution in [3.05, 3.63) is 0 Å². The van der Waals surface area contributed by atoms with Gasteiger partial charge < -0.3 is 15.2 Å². The quantitative estimate of drug-likeness (QED) is 0.702. The Morgan fingerprint density at radius 1 is 1.56 bits per heavy atom. The minimum absolute atomic E-state index is 0.318. The summed E-state index contributed by atoms with van der Waals surface area (Å²) in [5, 5.41) is 12.4. The number of nitrogens with one attached hydrogen (secondary N) is 1. The van der Waals surface area contributed by atoms with Crippen molar-refractivity contribution in [2.24, 2.45) is 0 Å². The second-order valence-corrected chi connectivity index (χ2v) is 5.32. The van der Waals surface area contributed by atoms with E-state index in [1.807, 2.05) is 0 Å². The highest BCUT2D eigenvalue weighted by atomic mass is 16.5. The maximum absolute atomic E-state index is 11.2. The van der Waals surface area contributed by atoms with Crippen LogP contribution in [-0.2, 0) is 9.53 Å². The Labute approximate surface area is 108 Å². The van der Waals surface area contributed by atoms with Crippen molar-refractivity contribution >= 4 is 5.97 Å². The maximum atomic E-state index is 11.2. The molecule has 2 unspecified atom stereocenters. The van der Waals surface area contributed by atoms with Gasteiger partial charge in [-0.1, -0.05) is 6.92 Å². The first-order valence-electron chi connectivity index (χ1n) is 7.02. The van der Waals surface area contributed by atoms with E-state index in [1.54, 1.807) is 0 Å². The van der Waals surface area contributed by atoms with Gasteiger partial charge in [-0.3, -0.25) is 9.69 Å². The van der Waals surface area contributed by atoms with Crippen molar-refractivity contribution in [2.75, 3.05) is 26.2 Å². The summed E-state index contributed by atoms with van der Waals surface area (Å²) >= 11 is 0. The summed E-state index contributed by atoms with van der Waals surface area (Å²) in [6, 6.07) is 0.0552. The molecule has 1 saturated carbocycles. The summed E-state index contributed by atoms with van der Waals surface area (Å²) in [7, 11) is 0. The summed E-state index contributed by atoms with van der Waals surface area (Å²) in [6.07, 6.45) is 4.28. The van der Waals surface area contributed by atoms with E-state index in [2.05, 4.69) is 17.1 Å². The van der Waals surface area contributed by atoms with Gasteiger partial charge in [-0.15, -0.1) is 0 Å². The van der Waals surface area contributed by atoms with Crippen molar-refractivity contribution in [3.8, 4) is 0 Å². The SMILES string of the molecule is CCC1CN(CCC(NC2CC2)C(=O)O)CCO1. The Kier molecular flexibility index (Phi) is 4.97. The minimum atomic E-state index is -0.720. The minimum Gasteiger partial charge on any atom is -0.480 e. The third kappa shape index (κ3) is 4.23. The second kappa shape index (κ2) is 6.50. The van der Waals surface area contributed by atoms with Crippen LogP contribution >= 0.6 is 0 Å². The zero-order chi connectivity index (χ0) is 13.0. The topological polar surface area (TPSA) is 61.8 Å². The van der Waals surface area contributed by atoms with Gasteiger partial charge >= 0.3 is 5.97 Å². The molecule has 104 valence electrons. The molecule has 0 amide bonds. The smallest absolute Gasteiger partial charge is 0.320 e. The van der Waals surface area contributed by atoms with Gasteiger partial charge in [0.2, 0.25) is 0 Å². The van der Waals surface area contributed by atoms with E-state index in [9.17, 15) is 9.90 Å². The van der Waals surface area contributed by atoms with Crippen molar-refractivity contribution in [1.82, 2.24) is 10.2 Å². The van der Waals surface area contributed by atoms with Crippen molar-refractivity contribution in [1.29, 1.82) is 0 Å². The van der Waals surface area contributed by atoms with Crippen LogP contribution in [0.5, 0.6) is 0 Å². The van der Waals surface area contributed by atoms with Gasteiger partial charge in [-0.25, -0.2) is 0 Å². The highest BCUT2D eigenvalue weighted by Gasteiger charge is 2.29. The van der Waals surface area contributed by atoms with Crippen LogP contribution in [0.15, 0.2) is 0 Å². The average molecular weight is 256 g/mol. The fraction of sp³-hybridized carbons (Fsp3) is 0.923. The zero-order valence-electron chi connectivity index (χ0n) is 11.1. The van der Waals surface area contributed by atoms with Crippen molar-refractivity contribution in [2.45, 2.75) is 50.8 Å². The van der Waals surface area contributed by atoms with E-state index in [-0.39, 0.29) is 6.04 Å². The number of rotatable bonds is 7. The van der Waals surface area contributed by atoms with Gasteiger partial charge in [0, 0.05) is 25.7 Å². The monoisotopic (exact) mass is 256 g/mol. The molecule has 2 aliphatic rings. The Hall–Kier alpha value is -0.650. The fourth-order valence-corrected chi connectivity index (χ4v) is 2.35. The molecule has 1 saturated heterocycles. The summed E-state index contributed by atoms with van der Waals surface area (Å²) in [5.41, 5.74) is 0. The van der Waals surface area contributed by atoms with Crippen LogP contribution in [0.3, 0.4) is 0 Å². The van der Waals surface area contributed by atoms with E-state index in [4.69, 9.17) is 4.74 Å². The molecule has 5 heteroatoms. The molecule has 0 aromatic carbocycles. The van der Waals surface area contributed by atoms with Gasteiger partial charge in [0.05, 0.1) is 12.7 Å². The molecular weight excluding hydrogens is 232 g/mol. The number of aliphatic carboxylic acids is 1.